The molecule has 9 heavy (non-hydrogen) atoms. The van der Waals surface area contributed by atoms with Crippen molar-refractivity contribution in [3.8, 4) is 0 Å². The van der Waals surface area contributed by atoms with Crippen molar-refractivity contribution in [1.29, 1.82) is 0 Å². The third kappa shape index (κ3) is 2.33. The topological polar surface area (TPSA) is 12.0 Å². The van der Waals surface area contributed by atoms with E-state index < -0.39 is 0 Å². The molecule has 0 aromatic carbocycles. The highest BCUT2D eigenvalue weighted by atomic mass is 15.3. The molecule has 0 bridgehead atoms. The van der Waals surface area contributed by atoms with E-state index in [4.69, 9.17) is 0 Å². The number of nitrogens with one attached hydrogen (secondary N) is 1. The molecule has 1 heterocycles. The molecule has 0 saturated carbocycles. The van der Waals surface area contributed by atoms with Crippen LogP contribution in [0.5, 0.6) is 0 Å². The smallest absolute Gasteiger partial charge is 0.0833 e. The molecule has 0 aromatic rings. The molecule has 1 aliphatic rings. The molecule has 2 nitrogen and oxygen atoms in total. The van der Waals surface area contributed by atoms with Gasteiger partial charge in [-0.1, -0.05) is 0 Å². The van der Waals surface area contributed by atoms with Crippen LogP contribution in [-0.2, 0) is 0 Å². The maximum atomic E-state index is 3.27. The van der Waals surface area contributed by atoms with Crippen LogP contribution in [0.1, 0.15) is 0 Å². The van der Waals surface area contributed by atoms with Gasteiger partial charge in [0.15, 0.2) is 0 Å². The standard InChI is InChI=1S/C7H17N2/c1-9(2,3)6-7-4-8-5-7/h7-8H,4-6H2,1-3H3/q+1. The van der Waals surface area contributed by atoms with Crippen LogP contribution in [0, 0.1) is 5.92 Å². The van der Waals surface area contributed by atoms with Crippen molar-refractivity contribution in [2.45, 2.75) is 0 Å². The lowest BCUT2D eigenvalue weighted by Crippen LogP contribution is -2.51. The zero-order valence-corrected chi connectivity index (χ0v) is 6.65. The molecule has 54 valence electrons. The van der Waals surface area contributed by atoms with Crippen LogP contribution in [0.15, 0.2) is 0 Å². The Morgan fingerprint density at radius 2 is 1.89 bits per heavy atom. The first-order valence-electron chi connectivity index (χ1n) is 3.59. The van der Waals surface area contributed by atoms with Crippen LogP contribution in [0.3, 0.4) is 0 Å². The molecule has 0 atom stereocenters. The van der Waals surface area contributed by atoms with Crippen LogP contribution in [0.4, 0.5) is 0 Å². The number of rotatable bonds is 2. The second-order valence-corrected chi connectivity index (χ2v) is 4.00. The van der Waals surface area contributed by atoms with Crippen molar-refractivity contribution in [1.82, 2.24) is 5.32 Å². The normalized spacial score (nSPS) is 21.7. The van der Waals surface area contributed by atoms with E-state index in [2.05, 4.69) is 26.5 Å². The summed E-state index contributed by atoms with van der Waals surface area (Å²) >= 11 is 0. The van der Waals surface area contributed by atoms with E-state index in [1.165, 1.54) is 19.6 Å². The van der Waals surface area contributed by atoms with Gasteiger partial charge < -0.3 is 9.80 Å². The fourth-order valence-electron chi connectivity index (χ4n) is 1.25. The Bertz CT molecular complexity index is 89.6. The molecule has 2 heteroatoms. The lowest BCUT2D eigenvalue weighted by atomic mass is 10.0. The number of hydrogen-bond donors (Lipinski definition) is 1. The second-order valence-electron chi connectivity index (χ2n) is 4.00. The van der Waals surface area contributed by atoms with E-state index in [0.29, 0.717) is 0 Å². The van der Waals surface area contributed by atoms with Crippen molar-refractivity contribution >= 4 is 0 Å². The van der Waals surface area contributed by atoms with Gasteiger partial charge in [0.2, 0.25) is 0 Å². The van der Waals surface area contributed by atoms with Crippen LogP contribution in [-0.4, -0.2) is 45.3 Å². The second kappa shape index (κ2) is 2.27. The van der Waals surface area contributed by atoms with Gasteiger partial charge in [0.05, 0.1) is 27.7 Å². The highest BCUT2D eigenvalue weighted by Gasteiger charge is 2.22. The zero-order chi connectivity index (χ0) is 6.91. The molecule has 1 saturated heterocycles. The van der Waals surface area contributed by atoms with Crippen LogP contribution < -0.4 is 5.32 Å². The Labute approximate surface area is 57.4 Å². The van der Waals surface area contributed by atoms with Crippen molar-refractivity contribution in [3.63, 3.8) is 0 Å². The fourth-order valence-corrected chi connectivity index (χ4v) is 1.25. The maximum Gasteiger partial charge on any atom is 0.0833 e. The van der Waals surface area contributed by atoms with E-state index in [0.717, 1.165) is 10.4 Å². The van der Waals surface area contributed by atoms with Gasteiger partial charge in [-0.25, -0.2) is 0 Å². The lowest BCUT2D eigenvalue weighted by Gasteiger charge is -2.34. The Kier molecular flexibility index (Phi) is 1.78. The molecule has 0 unspecified atom stereocenters. The summed E-state index contributed by atoms with van der Waals surface area (Å²) in [4.78, 5) is 0. The van der Waals surface area contributed by atoms with Gasteiger partial charge in [-0.15, -0.1) is 0 Å². The third-order valence-corrected chi connectivity index (χ3v) is 1.67. The number of hydrogen-bond acceptors (Lipinski definition) is 1. The first-order chi connectivity index (χ1) is 4.08. The van der Waals surface area contributed by atoms with Crippen LogP contribution >= 0.6 is 0 Å². The average Bonchev–Trinajstić information content (AvgIpc) is 1.53. The van der Waals surface area contributed by atoms with Crippen molar-refractivity contribution in [3.05, 3.63) is 0 Å². The minimum absolute atomic E-state index is 0.935. The summed E-state index contributed by atoms with van der Waals surface area (Å²) in [6.45, 7) is 3.78. The predicted molar refractivity (Wildman–Crippen MR) is 39.3 cm³/mol. The molecular weight excluding hydrogens is 112 g/mol. The summed E-state index contributed by atoms with van der Waals surface area (Å²) in [5, 5.41) is 3.27. The molecule has 1 N–H and O–H groups in total. The van der Waals surface area contributed by atoms with Gasteiger partial charge in [-0.05, 0) is 0 Å². The summed E-state index contributed by atoms with van der Waals surface area (Å²) in [7, 11) is 6.74. The molecule has 1 fully saturated rings. The molecule has 0 amide bonds. The maximum absolute atomic E-state index is 3.27. The fraction of sp³-hybridized carbons (Fsp3) is 1.00. The molecular formula is C7H17N2+. The quantitative estimate of drug-likeness (QED) is 0.514. The minimum atomic E-state index is 0.935. The molecule has 0 spiro atoms. The number of quaternary nitrogens is 1. The first-order valence-corrected chi connectivity index (χ1v) is 3.59. The highest BCUT2D eigenvalue weighted by molar-refractivity contribution is 4.73. The molecule has 1 aliphatic heterocycles. The highest BCUT2D eigenvalue weighted by Crippen LogP contribution is 2.06. The monoisotopic (exact) mass is 129 g/mol. The van der Waals surface area contributed by atoms with Crippen LogP contribution in [0.25, 0.3) is 0 Å². The summed E-state index contributed by atoms with van der Waals surface area (Å²) in [6.07, 6.45) is 0. The Hall–Kier alpha value is -0.0800. The minimum Gasteiger partial charge on any atom is -0.331 e. The summed E-state index contributed by atoms with van der Waals surface area (Å²) in [5.41, 5.74) is 0. The van der Waals surface area contributed by atoms with Gasteiger partial charge in [-0.3, -0.25) is 0 Å². The largest absolute Gasteiger partial charge is 0.331 e. The van der Waals surface area contributed by atoms with E-state index in [9.17, 15) is 0 Å². The molecule has 0 aromatic heterocycles. The molecule has 0 radical (unpaired) electrons. The van der Waals surface area contributed by atoms with Gasteiger partial charge in [0.25, 0.3) is 0 Å². The SMILES string of the molecule is C[N+](C)(C)CC1CNC1. The average molecular weight is 129 g/mol. The summed E-state index contributed by atoms with van der Waals surface area (Å²) < 4.78 is 1.10. The summed E-state index contributed by atoms with van der Waals surface area (Å²) in [6, 6.07) is 0. The Morgan fingerprint density at radius 1 is 1.33 bits per heavy atom. The van der Waals surface area contributed by atoms with E-state index in [1.54, 1.807) is 0 Å². The summed E-state index contributed by atoms with van der Waals surface area (Å²) in [5.74, 6) is 0.935. The van der Waals surface area contributed by atoms with E-state index in [-0.39, 0.29) is 0 Å². The van der Waals surface area contributed by atoms with E-state index in [1.807, 2.05) is 0 Å². The molecule has 0 aliphatic carbocycles. The van der Waals surface area contributed by atoms with Gasteiger partial charge in [0, 0.05) is 19.0 Å². The molecule has 1 rings (SSSR count). The van der Waals surface area contributed by atoms with Crippen LogP contribution in [0.2, 0.25) is 0 Å². The predicted octanol–water partition coefficient (Wildman–Crippen LogP) is -0.0880. The lowest BCUT2D eigenvalue weighted by molar-refractivity contribution is -0.874. The van der Waals surface area contributed by atoms with Gasteiger partial charge in [0.1, 0.15) is 0 Å². The van der Waals surface area contributed by atoms with Gasteiger partial charge >= 0.3 is 0 Å². The van der Waals surface area contributed by atoms with Crippen molar-refractivity contribution in [2.24, 2.45) is 5.92 Å². The van der Waals surface area contributed by atoms with E-state index >= 15 is 0 Å². The number of nitrogens with zero attached hydrogens (tertiary/aromatic N) is 1. The first kappa shape index (κ1) is 7.03. The Balaban J connectivity index is 2.16. The van der Waals surface area contributed by atoms with Crippen molar-refractivity contribution in [2.75, 3.05) is 40.8 Å². The third-order valence-electron chi connectivity index (χ3n) is 1.67. The zero-order valence-electron chi connectivity index (χ0n) is 6.65. The Morgan fingerprint density at radius 3 is 2.00 bits per heavy atom. The van der Waals surface area contributed by atoms with Crippen molar-refractivity contribution < 1.29 is 4.48 Å². The van der Waals surface area contributed by atoms with Gasteiger partial charge in [-0.2, -0.15) is 0 Å².